The molecule has 0 heterocycles. The number of anilines is 1. The van der Waals surface area contributed by atoms with Crippen molar-refractivity contribution in [3.63, 3.8) is 0 Å². The van der Waals surface area contributed by atoms with Crippen LogP contribution in [0.2, 0.25) is 0 Å². The Morgan fingerprint density at radius 2 is 2.04 bits per heavy atom. The first kappa shape index (κ1) is 19.8. The van der Waals surface area contributed by atoms with Crippen LogP contribution in [-0.4, -0.2) is 30.5 Å². The number of hydrogen-bond donors (Lipinski definition) is 2. The van der Waals surface area contributed by atoms with Gasteiger partial charge in [0.05, 0.1) is 23.9 Å². The molecule has 0 unspecified atom stereocenters. The fourth-order valence-corrected chi connectivity index (χ4v) is 2.76. The molecule has 4 nitrogen and oxygen atoms in total. The van der Waals surface area contributed by atoms with Crippen molar-refractivity contribution in [1.29, 1.82) is 0 Å². The van der Waals surface area contributed by atoms with E-state index in [0.717, 1.165) is 11.9 Å². The summed E-state index contributed by atoms with van der Waals surface area (Å²) in [5.41, 5.74) is 0.498. The van der Waals surface area contributed by atoms with Crippen molar-refractivity contribution in [2.45, 2.75) is 24.9 Å². The van der Waals surface area contributed by atoms with Gasteiger partial charge in [-0.25, -0.2) is 9.18 Å². The number of carbonyl (C=O) groups is 1. The molecule has 0 spiro atoms. The molecule has 2 N–H and O–H groups in total. The number of hydrogen-bond acceptors (Lipinski definition) is 5. The van der Waals surface area contributed by atoms with Gasteiger partial charge in [-0.15, -0.1) is 11.8 Å². The van der Waals surface area contributed by atoms with Gasteiger partial charge in [-0.05, 0) is 43.5 Å². The molecular weight excluding hydrogens is 356 g/mol. The van der Waals surface area contributed by atoms with Crippen LogP contribution >= 0.6 is 23.7 Å². The summed E-state index contributed by atoms with van der Waals surface area (Å²) in [4.78, 5) is 11.4. The van der Waals surface area contributed by atoms with Crippen LogP contribution in [0.25, 0.3) is 0 Å². The maximum Gasteiger partial charge on any atom is 0.417 e. The molecule has 0 aliphatic heterocycles. The normalized spacial score (nSPS) is 11.2. The van der Waals surface area contributed by atoms with E-state index in [-0.39, 0.29) is 18.2 Å². The van der Waals surface area contributed by atoms with Gasteiger partial charge in [-0.2, -0.15) is 13.2 Å². The summed E-state index contributed by atoms with van der Waals surface area (Å²) in [6, 6.07) is 2.50. The van der Waals surface area contributed by atoms with E-state index < -0.39 is 23.8 Å². The molecule has 23 heavy (non-hydrogen) atoms. The zero-order valence-electron chi connectivity index (χ0n) is 12.4. The highest BCUT2D eigenvalue weighted by atomic mass is 32.2. The van der Waals surface area contributed by atoms with E-state index in [0.29, 0.717) is 22.2 Å². The number of alkyl halides is 3. The summed E-state index contributed by atoms with van der Waals surface area (Å²) in [7, 11) is 0. The zero-order chi connectivity index (χ0) is 17.5. The minimum Gasteiger partial charge on any atom is -0.449 e. The van der Waals surface area contributed by atoms with Gasteiger partial charge < -0.3 is 10.1 Å². The van der Waals surface area contributed by atoms with Crippen LogP contribution in [0.3, 0.4) is 0 Å². The molecular formula is C13H16F4N2O2S2. The van der Waals surface area contributed by atoms with Gasteiger partial charge in [0.15, 0.2) is 0 Å². The minimum atomic E-state index is -4.29. The van der Waals surface area contributed by atoms with Crippen molar-refractivity contribution in [3.05, 3.63) is 23.5 Å². The fraction of sp³-hybridized carbons (Fsp3) is 0.462. The van der Waals surface area contributed by atoms with Crippen molar-refractivity contribution in [1.82, 2.24) is 4.72 Å². The van der Waals surface area contributed by atoms with E-state index in [1.165, 1.54) is 12.1 Å². The summed E-state index contributed by atoms with van der Waals surface area (Å²) < 4.78 is 57.6. The van der Waals surface area contributed by atoms with Crippen LogP contribution in [0.1, 0.15) is 12.5 Å². The second-order valence-electron chi connectivity index (χ2n) is 4.29. The van der Waals surface area contributed by atoms with Gasteiger partial charge in [0.25, 0.3) is 0 Å². The molecule has 0 radical (unpaired) electrons. The molecule has 130 valence electrons. The van der Waals surface area contributed by atoms with Crippen LogP contribution < -0.4 is 10.0 Å². The number of ether oxygens (including phenoxy) is 1. The Kier molecular flexibility index (Phi) is 7.83. The lowest BCUT2D eigenvalue weighted by Gasteiger charge is -2.13. The molecule has 0 aromatic heterocycles. The summed E-state index contributed by atoms with van der Waals surface area (Å²) in [6.45, 7) is 3.43. The quantitative estimate of drug-likeness (QED) is 0.242. The summed E-state index contributed by atoms with van der Waals surface area (Å²) in [5.74, 6) is -1.49. The van der Waals surface area contributed by atoms with Gasteiger partial charge in [0, 0.05) is 4.90 Å². The van der Waals surface area contributed by atoms with Crippen LogP contribution in [0.15, 0.2) is 17.0 Å². The molecule has 0 saturated heterocycles. The second-order valence-corrected chi connectivity index (χ2v) is 6.09. The predicted molar refractivity (Wildman–Crippen MR) is 84.2 cm³/mol. The highest BCUT2D eigenvalue weighted by Gasteiger charge is 2.27. The minimum absolute atomic E-state index is 0.0680. The van der Waals surface area contributed by atoms with E-state index in [2.05, 4.69) is 14.8 Å². The molecule has 1 aromatic rings. The van der Waals surface area contributed by atoms with Crippen LogP contribution in [-0.2, 0) is 4.74 Å². The average Bonchev–Trinajstić information content (AvgIpc) is 2.43. The molecule has 0 aliphatic rings. The third-order valence-electron chi connectivity index (χ3n) is 2.42. The third-order valence-corrected chi connectivity index (χ3v) is 4.24. The Bertz CT molecular complexity index is 541. The fourth-order valence-electron chi connectivity index (χ4n) is 1.47. The molecule has 1 aromatic carbocycles. The maximum absolute atomic E-state index is 13.8. The van der Waals surface area contributed by atoms with E-state index >= 15 is 0 Å². The monoisotopic (exact) mass is 372 g/mol. The first-order valence-electron chi connectivity index (χ1n) is 6.51. The predicted octanol–water partition coefficient (Wildman–Crippen LogP) is 4.55. The lowest BCUT2D eigenvalue weighted by Crippen LogP contribution is -2.19. The summed E-state index contributed by atoms with van der Waals surface area (Å²) >= 11 is 1.54. The first-order chi connectivity index (χ1) is 10.7. The second kappa shape index (κ2) is 9.11. The Labute approximate surface area is 139 Å². The van der Waals surface area contributed by atoms with Crippen LogP contribution in [0.5, 0.6) is 0 Å². The summed E-state index contributed by atoms with van der Waals surface area (Å²) in [5, 5.41) is 2.70. The largest absolute Gasteiger partial charge is 0.449 e. The summed E-state index contributed by atoms with van der Waals surface area (Å²) in [6.07, 6.45) is -4.91. The zero-order valence-corrected chi connectivity index (χ0v) is 14.1. The van der Waals surface area contributed by atoms with E-state index in [1.807, 2.05) is 0 Å². The van der Waals surface area contributed by atoms with E-state index in [4.69, 9.17) is 0 Å². The smallest absolute Gasteiger partial charge is 0.417 e. The van der Waals surface area contributed by atoms with Crippen molar-refractivity contribution >= 4 is 35.5 Å². The Morgan fingerprint density at radius 3 is 2.65 bits per heavy atom. The number of halogens is 4. The number of aryl methyl sites for hydroxylation is 1. The Morgan fingerprint density at radius 1 is 1.35 bits per heavy atom. The third kappa shape index (κ3) is 7.69. The van der Waals surface area contributed by atoms with Crippen molar-refractivity contribution in [3.8, 4) is 0 Å². The number of benzene rings is 1. The topological polar surface area (TPSA) is 50.4 Å². The number of rotatable bonds is 7. The van der Waals surface area contributed by atoms with Gasteiger partial charge in [0.2, 0.25) is 0 Å². The molecule has 0 aliphatic carbocycles. The highest BCUT2D eigenvalue weighted by molar-refractivity contribution is 7.99. The highest BCUT2D eigenvalue weighted by Crippen LogP contribution is 2.32. The lowest BCUT2D eigenvalue weighted by atomic mass is 10.2. The molecule has 0 fully saturated rings. The van der Waals surface area contributed by atoms with Crippen molar-refractivity contribution in [2.75, 3.05) is 23.6 Å². The van der Waals surface area contributed by atoms with Gasteiger partial charge >= 0.3 is 12.3 Å². The molecule has 1 amide bonds. The molecule has 1 rings (SSSR count). The number of thioether (sulfide) groups is 1. The lowest BCUT2D eigenvalue weighted by molar-refractivity contribution is -0.105. The SMILES string of the molecule is CCOC(=O)NSCNc1cc(SCC(F)(F)F)c(C)cc1F. The number of nitrogens with one attached hydrogen (secondary N) is 2. The Hall–Kier alpha value is -1.29. The maximum atomic E-state index is 13.8. The molecule has 10 heteroatoms. The van der Waals surface area contributed by atoms with Gasteiger partial charge in [0.1, 0.15) is 5.82 Å². The molecule has 0 bridgehead atoms. The first-order valence-corrected chi connectivity index (χ1v) is 8.48. The molecule has 0 saturated carbocycles. The number of amides is 1. The van der Waals surface area contributed by atoms with Crippen molar-refractivity contribution in [2.24, 2.45) is 0 Å². The average molecular weight is 372 g/mol. The molecule has 0 atom stereocenters. The van der Waals surface area contributed by atoms with Crippen LogP contribution in [0.4, 0.5) is 28.0 Å². The van der Waals surface area contributed by atoms with E-state index in [1.54, 1.807) is 13.8 Å². The van der Waals surface area contributed by atoms with Gasteiger partial charge in [-0.3, -0.25) is 4.72 Å². The van der Waals surface area contributed by atoms with Gasteiger partial charge in [-0.1, -0.05) is 0 Å². The standard InChI is InChI=1S/C13H16F4N2O2S2/c1-3-21-12(20)19-23-7-18-10-5-11(8(2)4-9(10)14)22-6-13(15,16)17/h4-5,18H,3,6-7H2,1-2H3,(H,19,20). The van der Waals surface area contributed by atoms with Crippen LogP contribution in [0, 0.1) is 12.7 Å². The number of carbonyl (C=O) groups excluding carboxylic acids is 1. The van der Waals surface area contributed by atoms with Crippen molar-refractivity contribution < 1.29 is 27.1 Å². The Balaban J connectivity index is 2.59. The van der Waals surface area contributed by atoms with E-state index in [9.17, 15) is 22.4 Å².